The van der Waals surface area contributed by atoms with Crippen molar-refractivity contribution in [2.75, 3.05) is 6.54 Å². The summed E-state index contributed by atoms with van der Waals surface area (Å²) in [6.07, 6.45) is 2.20. The molecule has 0 aromatic heterocycles. The van der Waals surface area contributed by atoms with Crippen LogP contribution in [-0.2, 0) is 0 Å². The number of carbonyl (C=O) groups is 2. The summed E-state index contributed by atoms with van der Waals surface area (Å²) >= 11 is 0. The zero-order valence-corrected chi connectivity index (χ0v) is 10.9. The van der Waals surface area contributed by atoms with E-state index in [2.05, 4.69) is 6.07 Å². The topological polar surface area (TPSA) is 61.2 Å². The highest BCUT2D eigenvalue weighted by Gasteiger charge is 2.34. The molecule has 4 nitrogen and oxygen atoms in total. The Morgan fingerprint density at radius 2 is 1.79 bits per heavy atom. The molecule has 2 amide bonds. The van der Waals surface area contributed by atoms with Crippen LogP contribution < -0.4 is 0 Å². The maximum atomic E-state index is 12.1. The molecule has 0 saturated carbocycles. The molecule has 4 heteroatoms. The smallest absolute Gasteiger partial charge is 0.261 e. The van der Waals surface area contributed by atoms with E-state index in [4.69, 9.17) is 5.26 Å². The number of rotatable bonds is 5. The Labute approximate surface area is 112 Å². The van der Waals surface area contributed by atoms with Crippen LogP contribution in [0, 0.1) is 17.2 Å². The van der Waals surface area contributed by atoms with Crippen molar-refractivity contribution in [1.29, 1.82) is 5.26 Å². The second-order valence-electron chi connectivity index (χ2n) is 4.68. The average Bonchev–Trinajstić information content (AvgIpc) is 2.69. The standard InChI is InChI=1S/C15H16N2O2/c1-2-11(10-16)6-5-9-17-14(18)12-7-3-4-8-13(12)15(17)19/h3-4,7-8,11H,2,5-6,9H2,1H3. The van der Waals surface area contributed by atoms with E-state index in [0.29, 0.717) is 24.1 Å². The van der Waals surface area contributed by atoms with Crippen LogP contribution in [0.2, 0.25) is 0 Å². The molecule has 1 heterocycles. The molecule has 1 aliphatic heterocycles. The summed E-state index contributed by atoms with van der Waals surface area (Å²) < 4.78 is 0. The molecule has 1 aromatic carbocycles. The first-order chi connectivity index (χ1) is 9.19. The zero-order chi connectivity index (χ0) is 13.8. The molecule has 1 unspecified atom stereocenters. The normalized spacial score (nSPS) is 15.3. The molecule has 0 N–H and O–H groups in total. The molecule has 0 saturated heterocycles. The monoisotopic (exact) mass is 256 g/mol. The molecule has 0 fully saturated rings. The summed E-state index contributed by atoms with van der Waals surface area (Å²) in [6.45, 7) is 2.36. The largest absolute Gasteiger partial charge is 0.274 e. The van der Waals surface area contributed by atoms with Crippen molar-refractivity contribution in [3.05, 3.63) is 35.4 Å². The Morgan fingerprint density at radius 3 is 2.26 bits per heavy atom. The molecule has 1 aromatic rings. The second kappa shape index (κ2) is 5.66. The summed E-state index contributed by atoms with van der Waals surface area (Å²) in [4.78, 5) is 25.4. The first-order valence-corrected chi connectivity index (χ1v) is 6.53. The quantitative estimate of drug-likeness (QED) is 0.761. The lowest BCUT2D eigenvalue weighted by Crippen LogP contribution is -2.30. The van der Waals surface area contributed by atoms with Crippen molar-refractivity contribution in [2.24, 2.45) is 5.92 Å². The number of carbonyl (C=O) groups excluding carboxylic acids is 2. The molecular weight excluding hydrogens is 240 g/mol. The highest BCUT2D eigenvalue weighted by molar-refractivity contribution is 6.21. The van der Waals surface area contributed by atoms with E-state index in [1.807, 2.05) is 6.92 Å². The van der Waals surface area contributed by atoms with Gasteiger partial charge in [0.1, 0.15) is 0 Å². The lowest BCUT2D eigenvalue weighted by atomic mass is 10.0. The lowest BCUT2D eigenvalue weighted by Gasteiger charge is -2.14. The van der Waals surface area contributed by atoms with Gasteiger partial charge in [-0.25, -0.2) is 0 Å². The van der Waals surface area contributed by atoms with E-state index < -0.39 is 0 Å². The van der Waals surface area contributed by atoms with Crippen molar-refractivity contribution in [3.8, 4) is 6.07 Å². The average molecular weight is 256 g/mol. The van der Waals surface area contributed by atoms with Gasteiger partial charge in [-0.15, -0.1) is 0 Å². The van der Waals surface area contributed by atoms with Gasteiger partial charge in [0.15, 0.2) is 0 Å². The number of fused-ring (bicyclic) bond motifs is 1. The van der Waals surface area contributed by atoms with E-state index in [-0.39, 0.29) is 17.7 Å². The second-order valence-corrected chi connectivity index (χ2v) is 4.68. The molecule has 0 aliphatic carbocycles. The third-order valence-electron chi connectivity index (χ3n) is 3.49. The summed E-state index contributed by atoms with van der Waals surface area (Å²) in [6, 6.07) is 9.11. The first kappa shape index (κ1) is 13.3. The van der Waals surface area contributed by atoms with Crippen molar-refractivity contribution < 1.29 is 9.59 Å². The Balaban J connectivity index is 1.99. The highest BCUT2D eigenvalue weighted by Crippen LogP contribution is 2.23. The molecule has 0 radical (unpaired) electrons. The van der Waals surface area contributed by atoms with Gasteiger partial charge in [-0.1, -0.05) is 19.1 Å². The van der Waals surface area contributed by atoms with Crippen molar-refractivity contribution in [2.45, 2.75) is 26.2 Å². The summed E-state index contributed by atoms with van der Waals surface area (Å²) in [5.41, 5.74) is 0.972. The van der Waals surface area contributed by atoms with E-state index in [1.165, 1.54) is 4.90 Å². The number of nitrogens with zero attached hydrogens (tertiary/aromatic N) is 2. The Morgan fingerprint density at radius 1 is 1.21 bits per heavy atom. The zero-order valence-electron chi connectivity index (χ0n) is 10.9. The molecule has 1 atom stereocenters. The Hall–Kier alpha value is -2.15. The predicted octanol–water partition coefficient (Wildman–Crippen LogP) is 2.61. The van der Waals surface area contributed by atoms with Crippen LogP contribution in [0.5, 0.6) is 0 Å². The number of hydrogen-bond acceptors (Lipinski definition) is 3. The van der Waals surface area contributed by atoms with Crippen LogP contribution in [0.4, 0.5) is 0 Å². The third kappa shape index (κ3) is 2.50. The predicted molar refractivity (Wildman–Crippen MR) is 70.4 cm³/mol. The van der Waals surface area contributed by atoms with Crippen molar-refractivity contribution >= 4 is 11.8 Å². The van der Waals surface area contributed by atoms with Crippen LogP contribution in [0.25, 0.3) is 0 Å². The van der Waals surface area contributed by atoms with Gasteiger partial charge in [0.2, 0.25) is 0 Å². The van der Waals surface area contributed by atoms with E-state index in [0.717, 1.165) is 12.8 Å². The van der Waals surface area contributed by atoms with Gasteiger partial charge in [-0.3, -0.25) is 14.5 Å². The van der Waals surface area contributed by atoms with Crippen LogP contribution in [0.3, 0.4) is 0 Å². The van der Waals surface area contributed by atoms with E-state index in [1.54, 1.807) is 24.3 Å². The van der Waals surface area contributed by atoms with Gasteiger partial charge < -0.3 is 0 Å². The minimum Gasteiger partial charge on any atom is -0.274 e. The minimum absolute atomic E-state index is 0.00943. The van der Waals surface area contributed by atoms with Gasteiger partial charge in [-0.05, 0) is 31.4 Å². The Bertz CT molecular complexity index is 510. The summed E-state index contributed by atoms with van der Waals surface area (Å²) in [7, 11) is 0. The molecule has 2 rings (SSSR count). The number of imide groups is 1. The number of nitriles is 1. The van der Waals surface area contributed by atoms with E-state index >= 15 is 0 Å². The lowest BCUT2D eigenvalue weighted by molar-refractivity contribution is 0.0650. The molecule has 0 spiro atoms. The SMILES string of the molecule is CCC(C#N)CCCN1C(=O)c2ccccc2C1=O. The van der Waals surface area contributed by atoms with Gasteiger partial charge >= 0.3 is 0 Å². The fourth-order valence-corrected chi connectivity index (χ4v) is 2.30. The van der Waals surface area contributed by atoms with Gasteiger partial charge in [0, 0.05) is 12.5 Å². The Kier molecular flexibility index (Phi) is 3.96. The minimum atomic E-state index is -0.217. The summed E-state index contributed by atoms with van der Waals surface area (Å²) in [5, 5.41) is 8.87. The third-order valence-corrected chi connectivity index (χ3v) is 3.49. The van der Waals surface area contributed by atoms with Gasteiger partial charge in [-0.2, -0.15) is 5.26 Å². The van der Waals surface area contributed by atoms with Crippen LogP contribution >= 0.6 is 0 Å². The maximum Gasteiger partial charge on any atom is 0.261 e. The molecule has 0 bridgehead atoms. The maximum absolute atomic E-state index is 12.1. The number of benzene rings is 1. The van der Waals surface area contributed by atoms with Gasteiger partial charge in [0.05, 0.1) is 17.2 Å². The molecule has 19 heavy (non-hydrogen) atoms. The fraction of sp³-hybridized carbons (Fsp3) is 0.400. The van der Waals surface area contributed by atoms with Crippen LogP contribution in [0.15, 0.2) is 24.3 Å². The summed E-state index contributed by atoms with van der Waals surface area (Å²) in [5.74, 6) is -0.425. The first-order valence-electron chi connectivity index (χ1n) is 6.53. The van der Waals surface area contributed by atoms with Crippen LogP contribution in [-0.4, -0.2) is 23.3 Å². The van der Waals surface area contributed by atoms with E-state index in [9.17, 15) is 9.59 Å². The molecular formula is C15H16N2O2. The van der Waals surface area contributed by atoms with Crippen molar-refractivity contribution in [1.82, 2.24) is 4.90 Å². The van der Waals surface area contributed by atoms with Gasteiger partial charge in [0.25, 0.3) is 11.8 Å². The van der Waals surface area contributed by atoms with Crippen molar-refractivity contribution in [3.63, 3.8) is 0 Å². The number of hydrogen-bond donors (Lipinski definition) is 0. The fourth-order valence-electron chi connectivity index (χ4n) is 2.30. The highest BCUT2D eigenvalue weighted by atomic mass is 16.2. The number of amides is 2. The molecule has 1 aliphatic rings. The molecule has 98 valence electrons. The van der Waals surface area contributed by atoms with Crippen LogP contribution in [0.1, 0.15) is 46.9 Å².